The van der Waals surface area contributed by atoms with E-state index in [0.717, 1.165) is 14.8 Å². The number of H-pyrrole nitrogens is 1. The van der Waals surface area contributed by atoms with Crippen molar-refractivity contribution < 1.29 is 0 Å². The van der Waals surface area contributed by atoms with Gasteiger partial charge in [-0.15, -0.1) is 0 Å². The van der Waals surface area contributed by atoms with Crippen LogP contribution in [0.15, 0.2) is 22.7 Å². The summed E-state index contributed by atoms with van der Waals surface area (Å²) in [6.07, 6.45) is 1.22. The number of halogens is 1. The molecule has 0 radical (unpaired) electrons. The van der Waals surface area contributed by atoms with Crippen LogP contribution in [0, 0.1) is 4.77 Å². The van der Waals surface area contributed by atoms with Crippen molar-refractivity contribution >= 4 is 50.9 Å². The highest BCUT2D eigenvalue weighted by Gasteiger charge is 2.20. The molecular weight excluding hydrogens is 304 g/mol. The van der Waals surface area contributed by atoms with Gasteiger partial charge >= 0.3 is 0 Å². The number of hydrogen-bond donors (Lipinski definition) is 1. The summed E-state index contributed by atoms with van der Waals surface area (Å²) >= 11 is 10.9. The van der Waals surface area contributed by atoms with Crippen LogP contribution in [0.2, 0.25) is 0 Å². The second-order valence-electron chi connectivity index (χ2n) is 3.98. The van der Waals surface area contributed by atoms with E-state index in [9.17, 15) is 0 Å². The van der Waals surface area contributed by atoms with E-state index in [4.69, 9.17) is 12.2 Å². The number of rotatable bonds is 1. The van der Waals surface area contributed by atoms with Crippen LogP contribution in [-0.2, 0) is 0 Å². The Morgan fingerprint density at radius 2 is 2.38 bits per heavy atom. The van der Waals surface area contributed by atoms with E-state index in [0.29, 0.717) is 6.04 Å². The third-order valence-corrected chi connectivity index (χ3v) is 4.89. The Morgan fingerprint density at radius 3 is 3.12 bits per heavy atom. The minimum absolute atomic E-state index is 0.562. The van der Waals surface area contributed by atoms with Gasteiger partial charge < -0.3 is 9.55 Å². The van der Waals surface area contributed by atoms with Crippen LogP contribution in [0.5, 0.6) is 0 Å². The molecule has 1 unspecified atom stereocenters. The number of fused-ring (bicyclic) bond motifs is 1. The molecule has 84 valence electrons. The predicted molar refractivity (Wildman–Crippen MR) is 75.8 cm³/mol. The number of benzene rings is 1. The summed E-state index contributed by atoms with van der Waals surface area (Å²) in [5.74, 6) is 2.42. The molecule has 1 saturated heterocycles. The zero-order valence-electron chi connectivity index (χ0n) is 8.57. The molecule has 1 aliphatic heterocycles. The van der Waals surface area contributed by atoms with Crippen molar-refractivity contribution in [3.63, 3.8) is 0 Å². The number of aromatic amines is 1. The van der Waals surface area contributed by atoms with E-state index in [1.165, 1.54) is 23.4 Å². The standard InChI is InChI=1S/C11H11BrN2S2/c12-7-1-2-10-9(5-7)13-11(15)14(10)8-3-4-16-6-8/h1-2,5,8H,3-4,6H2,(H,13,15). The number of aromatic nitrogens is 2. The average Bonchev–Trinajstić information content (AvgIpc) is 2.83. The lowest BCUT2D eigenvalue weighted by molar-refractivity contribution is 0.569. The third kappa shape index (κ3) is 1.75. The van der Waals surface area contributed by atoms with Gasteiger partial charge in [-0.1, -0.05) is 15.9 Å². The molecule has 0 aliphatic carbocycles. The zero-order chi connectivity index (χ0) is 11.1. The van der Waals surface area contributed by atoms with Gasteiger partial charge in [0.05, 0.1) is 11.0 Å². The Bertz CT molecular complexity index is 581. The van der Waals surface area contributed by atoms with Gasteiger partial charge in [0.2, 0.25) is 0 Å². The van der Waals surface area contributed by atoms with Gasteiger partial charge in [0.1, 0.15) is 0 Å². The van der Waals surface area contributed by atoms with Crippen LogP contribution < -0.4 is 0 Å². The summed E-state index contributed by atoms with van der Waals surface area (Å²) in [7, 11) is 0. The van der Waals surface area contributed by atoms with E-state index in [1.54, 1.807) is 0 Å². The van der Waals surface area contributed by atoms with Gasteiger partial charge in [0.15, 0.2) is 4.77 Å². The molecule has 1 aromatic carbocycles. The van der Waals surface area contributed by atoms with Crippen LogP contribution >= 0.6 is 39.9 Å². The summed E-state index contributed by atoms with van der Waals surface area (Å²) in [5, 5.41) is 0. The zero-order valence-corrected chi connectivity index (χ0v) is 11.8. The van der Waals surface area contributed by atoms with Crippen molar-refractivity contribution in [3.8, 4) is 0 Å². The lowest BCUT2D eigenvalue weighted by Crippen LogP contribution is -2.07. The summed E-state index contributed by atoms with van der Waals surface area (Å²) in [6.45, 7) is 0. The van der Waals surface area contributed by atoms with Gasteiger partial charge in [-0.25, -0.2) is 0 Å². The molecule has 1 N–H and O–H groups in total. The molecule has 0 bridgehead atoms. The normalized spacial score (nSPS) is 20.7. The molecule has 16 heavy (non-hydrogen) atoms. The molecule has 3 rings (SSSR count). The van der Waals surface area contributed by atoms with Crippen molar-refractivity contribution in [1.29, 1.82) is 0 Å². The smallest absolute Gasteiger partial charge is 0.178 e. The van der Waals surface area contributed by atoms with Crippen LogP contribution in [0.4, 0.5) is 0 Å². The molecule has 5 heteroatoms. The number of nitrogens with zero attached hydrogens (tertiary/aromatic N) is 1. The second kappa shape index (κ2) is 4.20. The Morgan fingerprint density at radius 1 is 1.50 bits per heavy atom. The van der Waals surface area contributed by atoms with E-state index < -0.39 is 0 Å². The molecule has 0 saturated carbocycles. The fourth-order valence-electron chi connectivity index (χ4n) is 2.19. The van der Waals surface area contributed by atoms with Gasteiger partial charge in [-0.3, -0.25) is 0 Å². The van der Waals surface area contributed by atoms with Gasteiger partial charge in [0.25, 0.3) is 0 Å². The van der Waals surface area contributed by atoms with Crippen molar-refractivity contribution in [3.05, 3.63) is 27.4 Å². The van der Waals surface area contributed by atoms with Crippen LogP contribution in [-0.4, -0.2) is 21.1 Å². The fraction of sp³-hybridized carbons (Fsp3) is 0.364. The highest BCUT2D eigenvalue weighted by molar-refractivity contribution is 9.10. The maximum atomic E-state index is 5.42. The van der Waals surface area contributed by atoms with Crippen LogP contribution in [0.25, 0.3) is 11.0 Å². The van der Waals surface area contributed by atoms with E-state index in [1.807, 2.05) is 11.8 Å². The molecule has 0 amide bonds. The van der Waals surface area contributed by atoms with Crippen molar-refractivity contribution in [2.24, 2.45) is 0 Å². The average molecular weight is 315 g/mol. The molecule has 1 atom stereocenters. The molecule has 1 aromatic heterocycles. The maximum absolute atomic E-state index is 5.42. The van der Waals surface area contributed by atoms with Crippen LogP contribution in [0.3, 0.4) is 0 Å². The highest BCUT2D eigenvalue weighted by Crippen LogP contribution is 2.31. The Labute approximate surface area is 112 Å². The lowest BCUT2D eigenvalue weighted by atomic mass is 10.2. The van der Waals surface area contributed by atoms with Crippen molar-refractivity contribution in [2.75, 3.05) is 11.5 Å². The molecule has 1 fully saturated rings. The first-order chi connectivity index (χ1) is 7.75. The molecule has 0 spiro atoms. The molecule has 2 heterocycles. The minimum atomic E-state index is 0.562. The molecule has 2 nitrogen and oxygen atoms in total. The Hall–Kier alpha value is -0.260. The highest BCUT2D eigenvalue weighted by atomic mass is 79.9. The van der Waals surface area contributed by atoms with E-state index >= 15 is 0 Å². The summed E-state index contributed by atoms with van der Waals surface area (Å²) in [5.41, 5.74) is 2.34. The van der Waals surface area contributed by atoms with Crippen molar-refractivity contribution in [2.45, 2.75) is 12.5 Å². The Balaban J connectivity index is 2.23. The van der Waals surface area contributed by atoms with Crippen LogP contribution in [0.1, 0.15) is 12.5 Å². The molecule has 1 aliphatic rings. The first-order valence-electron chi connectivity index (χ1n) is 5.23. The largest absolute Gasteiger partial charge is 0.331 e. The summed E-state index contributed by atoms with van der Waals surface area (Å²) in [4.78, 5) is 3.28. The van der Waals surface area contributed by atoms with E-state index in [-0.39, 0.29) is 0 Å². The third-order valence-electron chi connectivity index (χ3n) is 2.95. The number of imidazole rings is 1. The maximum Gasteiger partial charge on any atom is 0.178 e. The first-order valence-corrected chi connectivity index (χ1v) is 7.59. The Kier molecular flexibility index (Phi) is 2.85. The number of thioether (sulfide) groups is 1. The van der Waals surface area contributed by atoms with Gasteiger partial charge in [0, 0.05) is 16.3 Å². The quantitative estimate of drug-likeness (QED) is 0.798. The number of nitrogens with one attached hydrogen (secondary N) is 1. The minimum Gasteiger partial charge on any atom is -0.331 e. The van der Waals surface area contributed by atoms with E-state index in [2.05, 4.69) is 43.7 Å². The van der Waals surface area contributed by atoms with Gasteiger partial charge in [-0.05, 0) is 42.6 Å². The van der Waals surface area contributed by atoms with Crippen molar-refractivity contribution in [1.82, 2.24) is 9.55 Å². The lowest BCUT2D eigenvalue weighted by Gasteiger charge is -2.11. The number of hydrogen-bond acceptors (Lipinski definition) is 2. The monoisotopic (exact) mass is 314 g/mol. The second-order valence-corrected chi connectivity index (χ2v) is 6.43. The topological polar surface area (TPSA) is 20.7 Å². The molecule has 2 aromatic rings. The predicted octanol–water partition coefficient (Wildman–Crippen LogP) is 4.14. The SMILES string of the molecule is S=c1[nH]c2cc(Br)ccc2n1C1CCSC1. The first kappa shape index (κ1) is 10.9. The summed E-state index contributed by atoms with van der Waals surface area (Å²) in [6, 6.07) is 6.86. The fourth-order valence-corrected chi connectivity index (χ4v) is 4.10. The van der Waals surface area contributed by atoms with Gasteiger partial charge in [-0.2, -0.15) is 11.8 Å². The summed E-state index contributed by atoms with van der Waals surface area (Å²) < 4.78 is 4.21. The molecular formula is C11H11BrN2S2.